The molecule has 0 bridgehead atoms. The third kappa shape index (κ3) is 1.96. The van der Waals surface area contributed by atoms with E-state index in [0.717, 1.165) is 17.0 Å². The normalized spacial score (nSPS) is 13.0. The van der Waals surface area contributed by atoms with Crippen molar-refractivity contribution in [3.05, 3.63) is 64.2 Å². The van der Waals surface area contributed by atoms with Gasteiger partial charge in [-0.2, -0.15) is 0 Å². The van der Waals surface area contributed by atoms with Crippen molar-refractivity contribution < 1.29 is 4.79 Å². The highest BCUT2D eigenvalue weighted by Gasteiger charge is 2.23. The van der Waals surface area contributed by atoms with Gasteiger partial charge in [-0.15, -0.1) is 11.3 Å². The van der Waals surface area contributed by atoms with Crippen molar-refractivity contribution in [2.24, 2.45) is 0 Å². The molecule has 0 aliphatic carbocycles. The smallest absolute Gasteiger partial charge is 0.260 e. The van der Waals surface area contributed by atoms with Crippen LogP contribution in [0.2, 0.25) is 0 Å². The molecule has 4 heterocycles. The van der Waals surface area contributed by atoms with Crippen LogP contribution in [-0.4, -0.2) is 15.3 Å². The monoisotopic (exact) mass is 346 g/mol. The highest BCUT2D eigenvalue weighted by Crippen LogP contribution is 2.41. The van der Waals surface area contributed by atoms with Gasteiger partial charge in [0.05, 0.1) is 16.0 Å². The number of hydrogen-bond acceptors (Lipinski definition) is 4. The molecule has 4 nitrogen and oxygen atoms in total. The second kappa shape index (κ2) is 5.10. The molecule has 0 atom stereocenters. The molecule has 1 aliphatic rings. The summed E-state index contributed by atoms with van der Waals surface area (Å²) >= 11 is 1.71. The number of nitrogens with zero attached hydrogens (tertiary/aromatic N) is 2. The Morgan fingerprint density at radius 2 is 2.00 bits per heavy atom. The van der Waals surface area contributed by atoms with Crippen LogP contribution >= 0.6 is 11.3 Å². The molecule has 1 aliphatic heterocycles. The average Bonchev–Trinajstić information content (AvgIpc) is 3.00. The minimum Gasteiger partial charge on any atom is -0.307 e. The topological polar surface area (TPSA) is 52.0 Å². The van der Waals surface area contributed by atoms with Crippen LogP contribution in [0.1, 0.15) is 22.8 Å². The van der Waals surface area contributed by atoms with E-state index in [1.54, 1.807) is 23.7 Å². The number of thiophene rings is 1. The lowest BCUT2D eigenvalue weighted by molar-refractivity contribution is 0.101. The molecule has 25 heavy (non-hydrogen) atoms. The number of carbonyl (C=O) groups excluding carboxylic acids is 1. The average molecular weight is 346 g/mol. The van der Waals surface area contributed by atoms with Crippen molar-refractivity contribution in [3.63, 3.8) is 0 Å². The van der Waals surface area contributed by atoms with Crippen LogP contribution in [0.4, 0.5) is 0 Å². The number of benzene rings is 1. The fourth-order valence-electron chi connectivity index (χ4n) is 3.73. The van der Waals surface area contributed by atoms with Crippen LogP contribution in [0, 0.1) is 0 Å². The zero-order chi connectivity index (χ0) is 17.1. The van der Waals surface area contributed by atoms with E-state index < -0.39 is 0 Å². The Bertz CT molecular complexity index is 1250. The lowest BCUT2D eigenvalue weighted by atomic mass is 9.99. The van der Waals surface area contributed by atoms with E-state index >= 15 is 0 Å². The Labute approximate surface area is 147 Å². The van der Waals surface area contributed by atoms with Crippen LogP contribution in [0.25, 0.3) is 31.4 Å². The number of rotatable bonds is 1. The third-order valence-corrected chi connectivity index (χ3v) is 6.17. The molecule has 4 aromatic rings. The van der Waals surface area contributed by atoms with E-state index in [4.69, 9.17) is 0 Å². The number of fused-ring (bicyclic) bond motifs is 6. The maximum absolute atomic E-state index is 13.0. The fraction of sp³-hybridized carbons (Fsp3) is 0.150. The number of hydrogen-bond donors (Lipinski definition) is 0. The van der Waals surface area contributed by atoms with Gasteiger partial charge in [-0.1, -0.05) is 18.2 Å². The lowest BCUT2D eigenvalue weighted by Gasteiger charge is -2.20. The molecule has 5 heteroatoms. The van der Waals surface area contributed by atoms with Gasteiger partial charge in [-0.05, 0) is 36.4 Å². The first kappa shape index (κ1) is 14.5. The molecule has 1 aromatic carbocycles. The van der Waals surface area contributed by atoms with E-state index in [0.29, 0.717) is 22.9 Å². The molecule has 0 amide bonds. The zero-order valence-electron chi connectivity index (χ0n) is 13.6. The Hall–Kier alpha value is -2.79. The number of aromatic nitrogens is 2. The summed E-state index contributed by atoms with van der Waals surface area (Å²) in [5.41, 5.74) is 2.66. The second-order valence-corrected chi connectivity index (χ2v) is 7.40. The number of aryl methyl sites for hydroxylation is 1. The summed E-state index contributed by atoms with van der Waals surface area (Å²) in [6.45, 7) is 2.17. The molecule has 3 aromatic heterocycles. The van der Waals surface area contributed by atoms with E-state index in [-0.39, 0.29) is 11.3 Å². The van der Waals surface area contributed by atoms with Gasteiger partial charge >= 0.3 is 0 Å². The summed E-state index contributed by atoms with van der Waals surface area (Å²) in [5, 5.41) is 2.48. The predicted molar refractivity (Wildman–Crippen MR) is 101 cm³/mol. The Kier molecular flexibility index (Phi) is 2.97. The number of carbonyl (C=O) groups is 1. The van der Waals surface area contributed by atoms with E-state index in [9.17, 15) is 9.59 Å². The Morgan fingerprint density at radius 1 is 1.16 bits per heavy atom. The standard InChI is InChI=1S/C20H14N2O2S/c1-11(23)15-9-21-10-16-14(15)8-17-19-13(6-7-22(17)20(16)24)12-4-2-3-5-18(12)25-19/h2-5,8-10H,6-7H2,1H3. The molecule has 0 unspecified atom stereocenters. The highest BCUT2D eigenvalue weighted by atomic mass is 32.1. The Morgan fingerprint density at radius 3 is 2.84 bits per heavy atom. The number of ketones is 1. The van der Waals surface area contributed by atoms with Gasteiger partial charge in [0.15, 0.2) is 5.78 Å². The highest BCUT2D eigenvalue weighted by molar-refractivity contribution is 7.22. The molecule has 0 saturated carbocycles. The zero-order valence-corrected chi connectivity index (χ0v) is 14.4. The van der Waals surface area contributed by atoms with Crippen LogP contribution in [0.15, 0.2) is 47.5 Å². The van der Waals surface area contributed by atoms with Crippen molar-refractivity contribution in [1.29, 1.82) is 0 Å². The molecule has 0 N–H and O–H groups in total. The van der Waals surface area contributed by atoms with Crippen LogP contribution in [0.3, 0.4) is 0 Å². The van der Waals surface area contributed by atoms with E-state index in [1.807, 2.05) is 16.7 Å². The maximum Gasteiger partial charge on any atom is 0.260 e. The van der Waals surface area contributed by atoms with Gasteiger partial charge in [-0.3, -0.25) is 14.6 Å². The van der Waals surface area contributed by atoms with Crippen molar-refractivity contribution in [2.75, 3.05) is 0 Å². The molecule has 0 radical (unpaired) electrons. The molecule has 0 saturated heterocycles. The first-order chi connectivity index (χ1) is 12.1. The largest absolute Gasteiger partial charge is 0.307 e. The van der Waals surface area contributed by atoms with Crippen LogP contribution in [-0.2, 0) is 13.0 Å². The summed E-state index contributed by atoms with van der Waals surface area (Å²) in [7, 11) is 0. The minimum atomic E-state index is -0.0742. The summed E-state index contributed by atoms with van der Waals surface area (Å²) in [4.78, 5) is 30.2. The maximum atomic E-state index is 13.0. The summed E-state index contributed by atoms with van der Waals surface area (Å²) < 4.78 is 3.06. The van der Waals surface area contributed by atoms with E-state index in [2.05, 4.69) is 23.2 Å². The van der Waals surface area contributed by atoms with Crippen molar-refractivity contribution in [3.8, 4) is 10.6 Å². The van der Waals surface area contributed by atoms with Gasteiger partial charge < -0.3 is 4.57 Å². The summed E-state index contributed by atoms with van der Waals surface area (Å²) in [5.74, 6) is -0.0742. The van der Waals surface area contributed by atoms with Crippen LogP contribution in [0.5, 0.6) is 0 Å². The molecule has 0 fully saturated rings. The molecular weight excluding hydrogens is 332 g/mol. The molecule has 122 valence electrons. The van der Waals surface area contributed by atoms with Gasteiger partial charge in [0.2, 0.25) is 0 Å². The number of pyridine rings is 2. The van der Waals surface area contributed by atoms with Crippen molar-refractivity contribution in [2.45, 2.75) is 19.9 Å². The molecule has 0 spiro atoms. The van der Waals surface area contributed by atoms with Crippen molar-refractivity contribution >= 4 is 38.0 Å². The third-order valence-electron chi connectivity index (χ3n) is 4.93. The SMILES string of the molecule is CC(=O)c1cncc2c(=O)n3c(cc12)-c1sc2ccccc2c1CC3. The van der Waals surface area contributed by atoms with Gasteiger partial charge in [0.1, 0.15) is 0 Å². The Balaban J connectivity index is 1.92. The van der Waals surface area contributed by atoms with Crippen molar-refractivity contribution in [1.82, 2.24) is 9.55 Å². The lowest BCUT2D eigenvalue weighted by Crippen LogP contribution is -2.26. The number of Topliss-reactive ketones (excluding diaryl/α,β-unsaturated/α-hetero) is 1. The summed E-state index contributed by atoms with van der Waals surface area (Å²) in [6, 6.07) is 10.3. The van der Waals surface area contributed by atoms with Gasteiger partial charge in [-0.25, -0.2) is 0 Å². The first-order valence-corrected chi connectivity index (χ1v) is 9.00. The van der Waals surface area contributed by atoms with Gasteiger partial charge in [0.25, 0.3) is 5.56 Å². The molecule has 5 rings (SSSR count). The minimum absolute atomic E-state index is 0.0637. The predicted octanol–water partition coefficient (Wildman–Crippen LogP) is 4.04. The molecular formula is C20H14N2O2S. The second-order valence-electron chi connectivity index (χ2n) is 6.35. The van der Waals surface area contributed by atoms with E-state index in [1.165, 1.54) is 22.6 Å². The van der Waals surface area contributed by atoms with Crippen LogP contribution < -0.4 is 5.56 Å². The first-order valence-electron chi connectivity index (χ1n) is 8.18. The van der Waals surface area contributed by atoms with Gasteiger partial charge in [0, 0.05) is 34.6 Å². The summed E-state index contributed by atoms with van der Waals surface area (Å²) in [6.07, 6.45) is 3.96. The fourth-order valence-corrected chi connectivity index (χ4v) is 5.01. The quantitative estimate of drug-likeness (QED) is 0.489.